The molecule has 2 heterocycles. The zero-order valence-corrected chi connectivity index (χ0v) is 23.7. The Morgan fingerprint density at radius 3 is 2.21 bits per heavy atom. The molecule has 39 heavy (non-hydrogen) atoms. The lowest BCUT2D eigenvalue weighted by Crippen LogP contribution is -2.31. The summed E-state index contributed by atoms with van der Waals surface area (Å²) in [4.78, 5) is 21.9. The number of nitrogens with zero attached hydrogens (tertiary/aromatic N) is 2. The lowest BCUT2D eigenvalue weighted by atomic mass is 9.83. The third kappa shape index (κ3) is 6.09. The highest BCUT2D eigenvalue weighted by Gasteiger charge is 2.26. The number of pyridine rings is 2. The molecule has 2 aromatic carbocycles. The van der Waals surface area contributed by atoms with E-state index in [1.54, 1.807) is 6.07 Å². The van der Waals surface area contributed by atoms with Crippen LogP contribution >= 0.6 is 0 Å². The molecule has 0 saturated heterocycles. The topological polar surface area (TPSA) is 124 Å². The van der Waals surface area contributed by atoms with E-state index >= 15 is 0 Å². The maximum atomic E-state index is 13.4. The summed E-state index contributed by atoms with van der Waals surface area (Å²) >= 11 is 0. The molecular weight excluding hydrogens is 512 g/mol. The summed E-state index contributed by atoms with van der Waals surface area (Å²) in [5, 5.41) is -0.368. The van der Waals surface area contributed by atoms with E-state index < -0.39 is 15.9 Å². The lowest BCUT2D eigenvalue weighted by Gasteiger charge is -2.23. The van der Waals surface area contributed by atoms with E-state index in [0.717, 1.165) is 27.8 Å². The second-order valence-electron chi connectivity index (χ2n) is 10.5. The van der Waals surface area contributed by atoms with Crippen molar-refractivity contribution in [3.63, 3.8) is 0 Å². The minimum atomic E-state index is -4.30. The first-order valence-corrected chi connectivity index (χ1v) is 13.9. The number of anilines is 1. The van der Waals surface area contributed by atoms with Gasteiger partial charge >= 0.3 is 0 Å². The molecule has 3 N–H and O–H groups in total. The minimum Gasteiger partial charge on any atom is -0.438 e. The molecular formula is C30H32N4O4S. The minimum absolute atomic E-state index is 0.0144. The Kier molecular flexibility index (Phi) is 7.48. The predicted octanol–water partition coefficient (Wildman–Crippen LogP) is 5.86. The van der Waals surface area contributed by atoms with E-state index in [2.05, 4.69) is 30.5 Å². The van der Waals surface area contributed by atoms with Crippen LogP contribution in [-0.4, -0.2) is 24.3 Å². The van der Waals surface area contributed by atoms with Crippen LogP contribution in [0.2, 0.25) is 0 Å². The average Bonchev–Trinajstić information content (AvgIpc) is 2.85. The van der Waals surface area contributed by atoms with Crippen molar-refractivity contribution in [2.45, 2.75) is 52.0 Å². The highest BCUT2D eigenvalue weighted by Crippen LogP contribution is 2.36. The van der Waals surface area contributed by atoms with Gasteiger partial charge in [-0.3, -0.25) is 4.79 Å². The first kappa shape index (κ1) is 27.8. The summed E-state index contributed by atoms with van der Waals surface area (Å²) in [6.07, 6.45) is 0. The summed E-state index contributed by atoms with van der Waals surface area (Å²) in [6, 6.07) is 19.2. The van der Waals surface area contributed by atoms with Gasteiger partial charge in [0.25, 0.3) is 15.9 Å². The van der Waals surface area contributed by atoms with Gasteiger partial charge in [-0.25, -0.2) is 14.7 Å². The molecule has 0 fully saturated rings. The number of nitrogens with two attached hydrogens (primary N) is 1. The molecule has 4 aromatic rings. The Morgan fingerprint density at radius 1 is 0.897 bits per heavy atom. The smallest absolute Gasteiger partial charge is 0.281 e. The van der Waals surface area contributed by atoms with Crippen molar-refractivity contribution in [1.29, 1.82) is 0 Å². The van der Waals surface area contributed by atoms with Crippen LogP contribution in [0, 0.1) is 20.8 Å². The summed E-state index contributed by atoms with van der Waals surface area (Å²) in [7, 11) is -4.30. The van der Waals surface area contributed by atoms with Gasteiger partial charge in [0, 0.05) is 5.56 Å². The number of aryl methyl sites for hydroxylation is 3. The number of benzene rings is 2. The number of nitrogens with one attached hydrogen (secondary N) is 1. The summed E-state index contributed by atoms with van der Waals surface area (Å²) in [5.41, 5.74) is 10.8. The van der Waals surface area contributed by atoms with Crippen LogP contribution in [0.25, 0.3) is 11.3 Å². The molecule has 9 heteroatoms. The highest BCUT2D eigenvalue weighted by molar-refractivity contribution is 7.90. The van der Waals surface area contributed by atoms with Gasteiger partial charge in [-0.2, -0.15) is 8.42 Å². The maximum Gasteiger partial charge on any atom is 0.281 e. The van der Waals surface area contributed by atoms with Gasteiger partial charge in [-0.05, 0) is 67.1 Å². The van der Waals surface area contributed by atoms with Gasteiger partial charge in [-0.1, -0.05) is 68.8 Å². The number of amides is 1. The van der Waals surface area contributed by atoms with E-state index in [1.807, 2.05) is 57.2 Å². The third-order valence-electron chi connectivity index (χ3n) is 6.17. The summed E-state index contributed by atoms with van der Waals surface area (Å²) in [6.45, 7) is 12.1. The van der Waals surface area contributed by atoms with Crippen molar-refractivity contribution in [2.24, 2.45) is 0 Å². The van der Waals surface area contributed by atoms with Crippen molar-refractivity contribution in [1.82, 2.24) is 14.7 Å². The number of carbonyl (C=O) groups excluding carboxylic acids is 1. The predicted molar refractivity (Wildman–Crippen MR) is 152 cm³/mol. The SMILES string of the molecule is Cc1cc(C)c(Oc2nc(-c3ccccc3C(C)(C)C)ccc2C(=O)NS(=O)(=O)c2cccc(N)n2)c(C)c1. The van der Waals surface area contributed by atoms with Crippen molar-refractivity contribution in [3.05, 3.63) is 94.5 Å². The van der Waals surface area contributed by atoms with E-state index in [-0.39, 0.29) is 27.7 Å². The molecule has 202 valence electrons. The van der Waals surface area contributed by atoms with Crippen LogP contribution < -0.4 is 15.2 Å². The van der Waals surface area contributed by atoms with E-state index in [4.69, 9.17) is 15.5 Å². The number of rotatable bonds is 6. The van der Waals surface area contributed by atoms with Crippen LogP contribution in [0.5, 0.6) is 11.6 Å². The van der Waals surface area contributed by atoms with Crippen LogP contribution in [0.15, 0.2) is 71.8 Å². The Hall–Kier alpha value is -4.24. The number of hydrogen-bond acceptors (Lipinski definition) is 7. The highest BCUT2D eigenvalue weighted by atomic mass is 32.2. The van der Waals surface area contributed by atoms with Crippen LogP contribution in [-0.2, 0) is 15.4 Å². The largest absolute Gasteiger partial charge is 0.438 e. The average molecular weight is 545 g/mol. The summed E-state index contributed by atoms with van der Waals surface area (Å²) < 4.78 is 34.2. The second kappa shape index (κ2) is 10.5. The van der Waals surface area contributed by atoms with Gasteiger partial charge in [0.2, 0.25) is 5.88 Å². The molecule has 0 radical (unpaired) electrons. The molecule has 0 aliphatic heterocycles. The van der Waals surface area contributed by atoms with Gasteiger partial charge in [-0.15, -0.1) is 0 Å². The number of ether oxygens (including phenoxy) is 1. The van der Waals surface area contributed by atoms with Crippen molar-refractivity contribution < 1.29 is 17.9 Å². The van der Waals surface area contributed by atoms with E-state index in [9.17, 15) is 13.2 Å². The Bertz CT molecular complexity index is 1650. The molecule has 0 aliphatic carbocycles. The molecule has 0 unspecified atom stereocenters. The quantitative estimate of drug-likeness (QED) is 0.311. The number of aromatic nitrogens is 2. The zero-order chi connectivity index (χ0) is 28.5. The van der Waals surface area contributed by atoms with Gasteiger partial charge in [0.15, 0.2) is 5.03 Å². The van der Waals surface area contributed by atoms with Crippen LogP contribution in [0.4, 0.5) is 5.82 Å². The molecule has 0 bridgehead atoms. The molecule has 1 amide bonds. The van der Waals surface area contributed by atoms with Gasteiger partial charge < -0.3 is 10.5 Å². The van der Waals surface area contributed by atoms with Crippen molar-refractivity contribution in [2.75, 3.05) is 5.73 Å². The number of carbonyl (C=O) groups is 1. The normalized spacial score (nSPS) is 11.7. The number of nitrogen functional groups attached to an aromatic ring is 1. The zero-order valence-electron chi connectivity index (χ0n) is 22.9. The van der Waals surface area contributed by atoms with Crippen molar-refractivity contribution >= 4 is 21.7 Å². The maximum absolute atomic E-state index is 13.4. The summed E-state index contributed by atoms with van der Waals surface area (Å²) in [5.74, 6) is -0.355. The van der Waals surface area contributed by atoms with Gasteiger partial charge in [0.1, 0.15) is 17.1 Å². The Labute approximate surface area is 229 Å². The number of sulfonamides is 1. The van der Waals surface area contributed by atoms with Crippen LogP contribution in [0.3, 0.4) is 0 Å². The monoisotopic (exact) mass is 544 g/mol. The first-order chi connectivity index (χ1) is 18.3. The first-order valence-electron chi connectivity index (χ1n) is 12.4. The fourth-order valence-electron chi connectivity index (χ4n) is 4.44. The third-order valence-corrected chi connectivity index (χ3v) is 7.40. The Balaban J connectivity index is 1.83. The second-order valence-corrected chi connectivity index (χ2v) is 12.1. The molecule has 0 atom stereocenters. The fraction of sp³-hybridized carbons (Fsp3) is 0.233. The molecule has 0 aliphatic rings. The fourth-order valence-corrected chi connectivity index (χ4v) is 5.38. The molecule has 2 aromatic heterocycles. The van der Waals surface area contributed by atoms with Crippen LogP contribution in [0.1, 0.15) is 53.4 Å². The molecule has 8 nitrogen and oxygen atoms in total. The molecule has 4 rings (SSSR count). The Morgan fingerprint density at radius 2 is 1.56 bits per heavy atom. The van der Waals surface area contributed by atoms with Crippen molar-refractivity contribution in [3.8, 4) is 22.9 Å². The number of hydrogen-bond donors (Lipinski definition) is 2. The lowest BCUT2D eigenvalue weighted by molar-refractivity contribution is 0.0978. The van der Waals surface area contributed by atoms with E-state index in [1.165, 1.54) is 24.3 Å². The molecule has 0 saturated carbocycles. The van der Waals surface area contributed by atoms with Gasteiger partial charge in [0.05, 0.1) is 5.69 Å². The van der Waals surface area contributed by atoms with E-state index in [0.29, 0.717) is 11.4 Å². The molecule has 0 spiro atoms. The standard InChI is InChI=1S/C30H32N4O4S/c1-18-16-19(2)27(20(3)17-18)38-29-22(28(35)34-39(36,37)26-13-9-12-25(31)33-26)14-15-24(32-29)21-10-7-8-11-23(21)30(4,5)6/h7-17H,1-6H3,(H2,31,33)(H,34,35).